The molecule has 1 aromatic carbocycles. The van der Waals surface area contributed by atoms with Crippen LogP contribution in [0.4, 0.5) is 0 Å². The normalized spacial score (nSPS) is 15.5. The zero-order chi connectivity index (χ0) is 18.5. The van der Waals surface area contributed by atoms with E-state index in [4.69, 9.17) is 16.2 Å². The molecule has 0 amide bonds. The molecule has 1 rings (SSSR count). The molecule has 2 unspecified atom stereocenters. The van der Waals surface area contributed by atoms with E-state index < -0.39 is 17.6 Å². The average Bonchev–Trinajstić information content (AvgIpc) is 2.51. The van der Waals surface area contributed by atoms with Crippen LogP contribution in [0.5, 0.6) is 0 Å². The fraction of sp³-hybridized carbons (Fsp3) is 0.526. The molecule has 0 aliphatic heterocycles. The number of esters is 1. The van der Waals surface area contributed by atoms with Crippen molar-refractivity contribution in [2.75, 3.05) is 6.54 Å². The van der Waals surface area contributed by atoms with Crippen LogP contribution in [0.3, 0.4) is 0 Å². The summed E-state index contributed by atoms with van der Waals surface area (Å²) < 4.78 is 5.33. The molecule has 0 heterocycles. The van der Waals surface area contributed by atoms with E-state index in [1.165, 1.54) is 5.57 Å². The quantitative estimate of drug-likeness (QED) is 0.540. The molecule has 0 aromatic heterocycles. The Hall–Kier alpha value is -1.30. The lowest BCUT2D eigenvalue weighted by Gasteiger charge is -2.22. The van der Waals surface area contributed by atoms with Crippen LogP contribution in [0.25, 0.3) is 4.91 Å². The first-order chi connectivity index (χ1) is 11.1. The zero-order valence-electron chi connectivity index (χ0n) is 15.3. The Bertz CT molecular complexity index is 588. The number of hydrogen-bond acceptors (Lipinski definition) is 5. The highest BCUT2D eigenvalue weighted by atomic mass is 32.1. The van der Waals surface area contributed by atoms with Gasteiger partial charge in [-0.2, -0.15) is 0 Å². The summed E-state index contributed by atoms with van der Waals surface area (Å²) in [5, 5.41) is 0. The number of carbonyl (C=O) groups excluding carboxylic acids is 1. The smallest absolute Gasteiger partial charge is 0.328 e. The van der Waals surface area contributed by atoms with Gasteiger partial charge in [0.05, 0.1) is 0 Å². The third kappa shape index (κ3) is 5.96. The van der Waals surface area contributed by atoms with Crippen LogP contribution in [0.2, 0.25) is 0 Å². The second-order valence-electron chi connectivity index (χ2n) is 7.14. The first-order valence-corrected chi connectivity index (χ1v) is 8.70. The molecule has 0 aliphatic carbocycles. The number of hydrogen-bond donors (Lipinski definition) is 3. The number of nitrogens with two attached hydrogens (primary N) is 2. The summed E-state index contributed by atoms with van der Waals surface area (Å²) in [7, 11) is 0. The summed E-state index contributed by atoms with van der Waals surface area (Å²) in [5.41, 5.74) is 14.0. The van der Waals surface area contributed by atoms with Crippen molar-refractivity contribution in [1.82, 2.24) is 0 Å². The van der Waals surface area contributed by atoms with Crippen LogP contribution >= 0.6 is 12.6 Å². The van der Waals surface area contributed by atoms with Gasteiger partial charge in [0.1, 0.15) is 11.6 Å². The Morgan fingerprint density at radius 2 is 1.79 bits per heavy atom. The average molecular weight is 351 g/mol. The summed E-state index contributed by atoms with van der Waals surface area (Å²) in [4.78, 5) is 13.0. The standard InChI is InChI=1S/C19H30N2O2S/c1-12(10-11-20)13(2)17(24)15-8-6-14(7-9-15)16(21)18(22)23-19(3,4)5/h6-9,12,16,24H,10-11,20-21H2,1-5H3/b17-13-. The fourth-order valence-electron chi connectivity index (χ4n) is 2.28. The minimum Gasteiger partial charge on any atom is -0.459 e. The maximum absolute atomic E-state index is 12.1. The lowest BCUT2D eigenvalue weighted by atomic mass is 9.96. The van der Waals surface area contributed by atoms with E-state index in [-0.39, 0.29) is 0 Å². The van der Waals surface area contributed by atoms with E-state index in [1.807, 2.05) is 45.0 Å². The predicted octanol–water partition coefficient (Wildman–Crippen LogP) is 3.67. The molecular formula is C19H30N2O2S. The maximum Gasteiger partial charge on any atom is 0.328 e. The fourth-order valence-corrected chi connectivity index (χ4v) is 2.65. The lowest BCUT2D eigenvalue weighted by Crippen LogP contribution is -2.31. The van der Waals surface area contributed by atoms with Crippen LogP contribution < -0.4 is 11.5 Å². The predicted molar refractivity (Wildman–Crippen MR) is 104 cm³/mol. The van der Waals surface area contributed by atoms with Crippen molar-refractivity contribution in [1.29, 1.82) is 0 Å². The van der Waals surface area contributed by atoms with Crippen molar-refractivity contribution < 1.29 is 9.53 Å². The number of thiol groups is 1. The highest BCUT2D eigenvalue weighted by Crippen LogP contribution is 2.29. The summed E-state index contributed by atoms with van der Waals surface area (Å²) in [6, 6.07) is 6.77. The van der Waals surface area contributed by atoms with E-state index in [0.29, 0.717) is 12.5 Å². The molecule has 0 aliphatic rings. The van der Waals surface area contributed by atoms with Crippen molar-refractivity contribution in [3.05, 3.63) is 41.0 Å². The van der Waals surface area contributed by atoms with Gasteiger partial charge in [-0.3, -0.25) is 0 Å². The summed E-state index contributed by atoms with van der Waals surface area (Å²) in [6.07, 6.45) is 0.928. The first-order valence-electron chi connectivity index (χ1n) is 8.25. The maximum atomic E-state index is 12.1. The molecule has 1 aromatic rings. The molecule has 4 nitrogen and oxygen atoms in total. The van der Waals surface area contributed by atoms with Gasteiger partial charge in [-0.25, -0.2) is 4.79 Å². The third-order valence-electron chi connectivity index (χ3n) is 3.92. The van der Waals surface area contributed by atoms with Crippen LogP contribution in [0, 0.1) is 5.92 Å². The van der Waals surface area contributed by atoms with E-state index in [1.54, 1.807) is 0 Å². The van der Waals surface area contributed by atoms with Gasteiger partial charge in [0.2, 0.25) is 0 Å². The third-order valence-corrected chi connectivity index (χ3v) is 4.53. The summed E-state index contributed by atoms with van der Waals surface area (Å²) in [6.45, 7) is 10.3. The Kier molecular flexibility index (Phi) is 7.52. The largest absolute Gasteiger partial charge is 0.459 e. The molecule has 0 radical (unpaired) electrons. The number of ether oxygens (including phenoxy) is 1. The monoisotopic (exact) mass is 350 g/mol. The van der Waals surface area contributed by atoms with Crippen LogP contribution in [0.1, 0.15) is 58.2 Å². The Labute approximate surface area is 151 Å². The molecule has 24 heavy (non-hydrogen) atoms. The van der Waals surface area contributed by atoms with Crippen molar-refractivity contribution >= 4 is 23.5 Å². The van der Waals surface area contributed by atoms with Crippen LogP contribution in [-0.2, 0) is 9.53 Å². The number of carbonyl (C=O) groups is 1. The second kappa shape index (κ2) is 8.70. The van der Waals surface area contributed by atoms with Gasteiger partial charge in [0.15, 0.2) is 0 Å². The highest BCUT2D eigenvalue weighted by molar-refractivity contribution is 7.90. The van der Waals surface area contributed by atoms with Gasteiger partial charge in [-0.05, 0) is 57.7 Å². The minimum atomic E-state index is -0.789. The van der Waals surface area contributed by atoms with Crippen molar-refractivity contribution in [3.8, 4) is 0 Å². The highest BCUT2D eigenvalue weighted by Gasteiger charge is 2.23. The van der Waals surface area contributed by atoms with E-state index in [9.17, 15) is 4.79 Å². The molecule has 0 fully saturated rings. The minimum absolute atomic E-state index is 0.381. The molecule has 0 saturated heterocycles. The van der Waals surface area contributed by atoms with Gasteiger partial charge in [-0.15, -0.1) is 12.6 Å². The Balaban J connectivity index is 2.93. The van der Waals surface area contributed by atoms with Crippen LogP contribution in [0.15, 0.2) is 29.8 Å². The zero-order valence-corrected chi connectivity index (χ0v) is 16.2. The number of benzene rings is 1. The first kappa shape index (κ1) is 20.7. The van der Waals surface area contributed by atoms with Crippen molar-refractivity contribution in [2.45, 2.75) is 52.7 Å². The van der Waals surface area contributed by atoms with Gasteiger partial charge < -0.3 is 16.2 Å². The Morgan fingerprint density at radius 1 is 1.25 bits per heavy atom. The van der Waals surface area contributed by atoms with Gasteiger partial charge in [0, 0.05) is 4.91 Å². The topological polar surface area (TPSA) is 78.3 Å². The molecular weight excluding hydrogens is 320 g/mol. The van der Waals surface area contributed by atoms with Crippen molar-refractivity contribution in [2.24, 2.45) is 17.4 Å². The van der Waals surface area contributed by atoms with E-state index >= 15 is 0 Å². The Morgan fingerprint density at radius 3 is 2.25 bits per heavy atom. The van der Waals surface area contributed by atoms with E-state index in [0.717, 1.165) is 22.5 Å². The van der Waals surface area contributed by atoms with Crippen molar-refractivity contribution in [3.63, 3.8) is 0 Å². The molecule has 0 saturated carbocycles. The SMILES string of the molecule is C/C(=C(/S)c1ccc(C(N)C(=O)OC(C)(C)C)cc1)C(C)CCN. The number of rotatable bonds is 6. The van der Waals surface area contributed by atoms with Gasteiger partial charge in [-0.1, -0.05) is 36.8 Å². The lowest BCUT2D eigenvalue weighted by molar-refractivity contribution is -0.156. The molecule has 0 spiro atoms. The molecule has 134 valence electrons. The molecule has 0 bridgehead atoms. The molecule has 2 atom stereocenters. The summed E-state index contributed by atoms with van der Waals surface area (Å²) >= 11 is 4.65. The molecule has 5 heteroatoms. The molecule has 4 N–H and O–H groups in total. The van der Waals surface area contributed by atoms with Gasteiger partial charge in [0.25, 0.3) is 0 Å². The van der Waals surface area contributed by atoms with Gasteiger partial charge >= 0.3 is 5.97 Å². The summed E-state index contributed by atoms with van der Waals surface area (Å²) in [5.74, 6) is -0.0455. The number of allylic oxidation sites excluding steroid dienone is 1. The second-order valence-corrected chi connectivity index (χ2v) is 7.59. The van der Waals surface area contributed by atoms with E-state index in [2.05, 4.69) is 26.5 Å². The van der Waals surface area contributed by atoms with Crippen LogP contribution in [-0.4, -0.2) is 18.1 Å².